The van der Waals surface area contributed by atoms with Crippen molar-refractivity contribution in [2.75, 3.05) is 7.11 Å². The summed E-state index contributed by atoms with van der Waals surface area (Å²) < 4.78 is 33.1. The third-order valence-electron chi connectivity index (χ3n) is 4.09. The molecule has 1 aromatic carbocycles. The van der Waals surface area contributed by atoms with Crippen molar-refractivity contribution in [1.82, 2.24) is 0 Å². The van der Waals surface area contributed by atoms with Gasteiger partial charge >= 0.3 is 5.97 Å². The molecule has 1 fully saturated rings. The van der Waals surface area contributed by atoms with E-state index in [0.29, 0.717) is 25.7 Å². The third kappa shape index (κ3) is 2.42. The van der Waals surface area contributed by atoms with Gasteiger partial charge in [0.05, 0.1) is 12.0 Å². The fourth-order valence-electron chi connectivity index (χ4n) is 2.98. The molecule has 0 atom stereocenters. The van der Waals surface area contributed by atoms with Crippen LogP contribution >= 0.6 is 0 Å². The summed E-state index contributed by atoms with van der Waals surface area (Å²) in [6.07, 6.45) is 3.06. The molecule has 1 saturated carbocycles. The molecule has 1 N–H and O–H groups in total. The minimum atomic E-state index is -1.30. The summed E-state index contributed by atoms with van der Waals surface area (Å²) in [5, 5.41) is 9.52. The highest BCUT2D eigenvalue weighted by Crippen LogP contribution is 2.41. The van der Waals surface area contributed by atoms with Crippen LogP contribution in [-0.4, -0.2) is 18.2 Å². The normalized spacial score (nSPS) is 17.9. The van der Waals surface area contributed by atoms with Crippen molar-refractivity contribution in [1.29, 1.82) is 0 Å². The van der Waals surface area contributed by atoms with Gasteiger partial charge in [-0.3, -0.25) is 4.79 Å². The van der Waals surface area contributed by atoms with E-state index in [4.69, 9.17) is 4.74 Å². The molecule has 0 aliphatic heterocycles. The van der Waals surface area contributed by atoms with Crippen molar-refractivity contribution in [3.05, 3.63) is 34.9 Å². The lowest BCUT2D eigenvalue weighted by molar-refractivity contribution is -0.145. The first-order chi connectivity index (χ1) is 9.53. The summed E-state index contributed by atoms with van der Waals surface area (Å²) >= 11 is 0. The van der Waals surface area contributed by atoms with Gasteiger partial charge in [-0.15, -0.1) is 0 Å². The second-order valence-corrected chi connectivity index (χ2v) is 5.28. The lowest BCUT2D eigenvalue weighted by Crippen LogP contribution is -2.39. The van der Waals surface area contributed by atoms with Gasteiger partial charge in [0.1, 0.15) is 0 Å². The Morgan fingerprint density at radius 3 is 2.45 bits per heavy atom. The van der Waals surface area contributed by atoms with Crippen LogP contribution < -0.4 is 0 Å². The van der Waals surface area contributed by atoms with Crippen molar-refractivity contribution < 1.29 is 23.4 Å². The second kappa shape index (κ2) is 5.87. The molecule has 0 radical (unpaired) electrons. The fraction of sp³-hybridized carbons (Fsp3) is 0.533. The maximum absolute atomic E-state index is 14.3. The molecule has 20 heavy (non-hydrogen) atoms. The smallest absolute Gasteiger partial charge is 0.314 e. The number of halogens is 2. The SMILES string of the molecule is COCc1ccc(C2(C(=O)O)CCCCC2)c(F)c1F. The average Bonchev–Trinajstić information content (AvgIpc) is 2.45. The Bertz CT molecular complexity index is 508. The summed E-state index contributed by atoms with van der Waals surface area (Å²) in [6, 6.07) is 2.81. The van der Waals surface area contributed by atoms with Crippen molar-refractivity contribution in [3.63, 3.8) is 0 Å². The van der Waals surface area contributed by atoms with E-state index in [2.05, 4.69) is 0 Å². The van der Waals surface area contributed by atoms with Gasteiger partial charge in [0, 0.05) is 18.2 Å². The molecule has 1 aliphatic rings. The van der Waals surface area contributed by atoms with Gasteiger partial charge in [-0.05, 0) is 12.8 Å². The summed E-state index contributed by atoms with van der Waals surface area (Å²) in [6.45, 7) is -0.0386. The van der Waals surface area contributed by atoms with Gasteiger partial charge in [-0.1, -0.05) is 31.4 Å². The maximum atomic E-state index is 14.3. The van der Waals surface area contributed by atoms with Gasteiger partial charge in [0.2, 0.25) is 0 Å². The zero-order valence-corrected chi connectivity index (χ0v) is 11.4. The number of benzene rings is 1. The molecule has 5 heteroatoms. The number of carboxylic acids is 1. The van der Waals surface area contributed by atoms with Crippen LogP contribution in [0.25, 0.3) is 0 Å². The summed E-state index contributed by atoms with van der Waals surface area (Å²) in [5.74, 6) is -3.13. The number of rotatable bonds is 4. The zero-order valence-electron chi connectivity index (χ0n) is 11.4. The van der Waals surface area contributed by atoms with Gasteiger partial charge in [-0.25, -0.2) is 8.78 Å². The Morgan fingerprint density at radius 2 is 1.90 bits per heavy atom. The van der Waals surface area contributed by atoms with Gasteiger partial charge in [0.25, 0.3) is 0 Å². The van der Waals surface area contributed by atoms with Crippen molar-refractivity contribution in [2.45, 2.75) is 44.1 Å². The van der Waals surface area contributed by atoms with E-state index in [0.717, 1.165) is 6.42 Å². The first-order valence-corrected chi connectivity index (χ1v) is 6.72. The van der Waals surface area contributed by atoms with Gasteiger partial charge < -0.3 is 9.84 Å². The van der Waals surface area contributed by atoms with Crippen LogP contribution in [0.15, 0.2) is 12.1 Å². The highest BCUT2D eigenvalue weighted by Gasteiger charge is 2.43. The lowest BCUT2D eigenvalue weighted by atomic mass is 9.69. The van der Waals surface area contributed by atoms with E-state index >= 15 is 0 Å². The number of aliphatic carboxylic acids is 1. The summed E-state index contributed by atoms with van der Waals surface area (Å²) in [4.78, 5) is 11.6. The van der Waals surface area contributed by atoms with E-state index in [9.17, 15) is 18.7 Å². The molecule has 3 nitrogen and oxygen atoms in total. The van der Waals surface area contributed by atoms with Crippen LogP contribution in [0.3, 0.4) is 0 Å². The number of methoxy groups -OCH3 is 1. The summed E-state index contributed by atoms with van der Waals surface area (Å²) in [5.41, 5.74) is -1.23. The minimum Gasteiger partial charge on any atom is -0.481 e. The monoisotopic (exact) mass is 284 g/mol. The molecule has 0 amide bonds. The molecular weight excluding hydrogens is 266 g/mol. The lowest BCUT2D eigenvalue weighted by Gasteiger charge is -2.34. The third-order valence-corrected chi connectivity index (χ3v) is 4.09. The van der Waals surface area contributed by atoms with Crippen LogP contribution in [0.2, 0.25) is 0 Å². The van der Waals surface area contributed by atoms with Crippen molar-refractivity contribution in [3.8, 4) is 0 Å². The highest BCUT2D eigenvalue weighted by molar-refractivity contribution is 5.81. The Morgan fingerprint density at radius 1 is 1.25 bits per heavy atom. The Balaban J connectivity index is 2.49. The van der Waals surface area contributed by atoms with Crippen LogP contribution in [0.1, 0.15) is 43.2 Å². The number of hydrogen-bond acceptors (Lipinski definition) is 2. The van der Waals surface area contributed by atoms with E-state index in [-0.39, 0.29) is 17.7 Å². The molecule has 1 aliphatic carbocycles. The Hall–Kier alpha value is -1.49. The molecule has 110 valence electrons. The van der Waals surface area contributed by atoms with E-state index in [1.54, 1.807) is 0 Å². The molecule has 1 aromatic rings. The second-order valence-electron chi connectivity index (χ2n) is 5.28. The van der Waals surface area contributed by atoms with E-state index < -0.39 is 23.0 Å². The van der Waals surface area contributed by atoms with E-state index in [1.165, 1.54) is 19.2 Å². The number of carboxylic acid groups (broad SMARTS) is 1. The number of hydrogen-bond donors (Lipinski definition) is 1. The number of ether oxygens (including phenoxy) is 1. The predicted molar refractivity (Wildman–Crippen MR) is 69.5 cm³/mol. The molecule has 0 saturated heterocycles. The van der Waals surface area contributed by atoms with E-state index in [1.807, 2.05) is 0 Å². The van der Waals surface area contributed by atoms with Gasteiger partial charge in [-0.2, -0.15) is 0 Å². The average molecular weight is 284 g/mol. The van der Waals surface area contributed by atoms with Crippen LogP contribution in [0.4, 0.5) is 8.78 Å². The van der Waals surface area contributed by atoms with Crippen LogP contribution in [0, 0.1) is 11.6 Å². The minimum absolute atomic E-state index is 0.0386. The molecular formula is C15H18F2O3. The fourth-order valence-corrected chi connectivity index (χ4v) is 2.98. The van der Waals surface area contributed by atoms with Crippen LogP contribution in [0.5, 0.6) is 0 Å². The number of carbonyl (C=O) groups is 1. The summed E-state index contributed by atoms with van der Waals surface area (Å²) in [7, 11) is 1.39. The first-order valence-electron chi connectivity index (χ1n) is 6.72. The Kier molecular flexibility index (Phi) is 4.38. The Labute approximate surface area is 116 Å². The largest absolute Gasteiger partial charge is 0.481 e. The van der Waals surface area contributed by atoms with Crippen molar-refractivity contribution >= 4 is 5.97 Å². The first kappa shape index (κ1) is 14.9. The topological polar surface area (TPSA) is 46.5 Å². The molecule has 0 bridgehead atoms. The molecule has 0 spiro atoms. The highest BCUT2D eigenvalue weighted by atomic mass is 19.2. The van der Waals surface area contributed by atoms with Crippen molar-refractivity contribution in [2.24, 2.45) is 0 Å². The molecule has 0 heterocycles. The quantitative estimate of drug-likeness (QED) is 0.921. The predicted octanol–water partition coefficient (Wildman–Crippen LogP) is 3.40. The van der Waals surface area contributed by atoms with Gasteiger partial charge in [0.15, 0.2) is 11.6 Å². The molecule has 2 rings (SSSR count). The van der Waals surface area contributed by atoms with Crippen LogP contribution in [-0.2, 0) is 21.6 Å². The zero-order chi connectivity index (χ0) is 14.8. The maximum Gasteiger partial charge on any atom is 0.314 e. The molecule has 0 aromatic heterocycles. The molecule has 0 unspecified atom stereocenters. The standard InChI is InChI=1S/C15H18F2O3/c1-20-9-10-5-6-11(13(17)12(10)16)15(14(18)19)7-3-2-4-8-15/h5-6H,2-4,7-9H2,1H3,(H,18,19).